The first kappa shape index (κ1) is 32.5. The summed E-state index contributed by atoms with van der Waals surface area (Å²) in [5.41, 5.74) is -1.80. The molecule has 0 radical (unpaired) electrons. The van der Waals surface area contributed by atoms with Crippen LogP contribution in [0.25, 0.3) is 0 Å². The van der Waals surface area contributed by atoms with E-state index in [1.165, 1.54) is 32.6 Å². The lowest BCUT2D eigenvalue weighted by molar-refractivity contribution is -0.137. The molecule has 200 valence electrons. The van der Waals surface area contributed by atoms with Crippen LogP contribution in [0.4, 0.5) is 4.79 Å². The summed E-state index contributed by atoms with van der Waals surface area (Å²) in [6.45, 7) is 5.69. The van der Waals surface area contributed by atoms with Crippen LogP contribution in [0.2, 0.25) is 0 Å². The van der Waals surface area contributed by atoms with Crippen LogP contribution >= 0.6 is 15.2 Å². The summed E-state index contributed by atoms with van der Waals surface area (Å²) in [5.74, 6) is -2.13. The van der Waals surface area contributed by atoms with E-state index in [1.54, 1.807) is 0 Å². The van der Waals surface area contributed by atoms with Gasteiger partial charge in [-0.25, -0.2) is 4.79 Å². The highest BCUT2D eigenvalue weighted by molar-refractivity contribution is 7.72. The average molecular weight is 534 g/mol. The molecule has 1 amide bonds. The van der Waals surface area contributed by atoms with Gasteiger partial charge in [-0.3, -0.25) is 28.9 Å². The number of ether oxygens (including phenoxy) is 1. The molecule has 0 aliphatic heterocycles. The van der Waals surface area contributed by atoms with Gasteiger partial charge in [-0.05, 0) is 27.7 Å². The van der Waals surface area contributed by atoms with Gasteiger partial charge in [0.2, 0.25) is 5.52 Å². The van der Waals surface area contributed by atoms with Crippen LogP contribution in [-0.4, -0.2) is 91.3 Å². The molecule has 3 N–H and O–H groups in total. The third-order valence-electron chi connectivity index (χ3n) is 4.01. The van der Waals surface area contributed by atoms with Gasteiger partial charge < -0.3 is 33.0 Å². The summed E-state index contributed by atoms with van der Waals surface area (Å²) < 4.78 is 52.7. The van der Waals surface area contributed by atoms with Gasteiger partial charge in [-0.1, -0.05) is 0 Å². The zero-order valence-corrected chi connectivity index (χ0v) is 21.8. The van der Waals surface area contributed by atoms with Gasteiger partial charge in [-0.2, -0.15) is 0 Å². The maximum Gasteiger partial charge on any atom is 0.408 e. The molecule has 0 aliphatic rings. The van der Waals surface area contributed by atoms with Crippen LogP contribution in [0.5, 0.6) is 0 Å². The topological polar surface area (TPSA) is 187 Å². The number of nitrogens with one attached hydrogen (secondary N) is 1. The fourth-order valence-corrected chi connectivity index (χ4v) is 7.53. The van der Waals surface area contributed by atoms with Gasteiger partial charge >= 0.3 is 33.2 Å². The van der Waals surface area contributed by atoms with E-state index in [0.29, 0.717) is 0 Å². The quantitative estimate of drug-likeness (QED) is 0.194. The number of carbonyl (C=O) groups is 3. The Hall–Kier alpha value is -1.53. The van der Waals surface area contributed by atoms with Crippen molar-refractivity contribution < 1.29 is 56.6 Å². The van der Waals surface area contributed by atoms with Crippen LogP contribution in [0.3, 0.4) is 0 Å². The molecule has 0 rings (SSSR count). The smallest absolute Gasteiger partial charge is 0.408 e. The van der Waals surface area contributed by atoms with Crippen molar-refractivity contribution in [2.45, 2.75) is 46.1 Å². The zero-order chi connectivity index (χ0) is 26.2. The molecule has 0 spiro atoms. The Morgan fingerprint density at radius 2 is 1.15 bits per heavy atom. The summed E-state index contributed by atoms with van der Waals surface area (Å²) in [6.07, 6.45) is -1.59. The first-order valence-corrected chi connectivity index (χ1v) is 14.1. The molecule has 0 aromatic carbocycles. The van der Waals surface area contributed by atoms with Crippen LogP contribution in [-0.2, 0) is 41.6 Å². The molecule has 34 heavy (non-hydrogen) atoms. The highest BCUT2D eigenvalue weighted by Crippen LogP contribution is 2.69. The first-order valence-electron chi connectivity index (χ1n) is 10.8. The van der Waals surface area contributed by atoms with Crippen molar-refractivity contribution in [1.29, 1.82) is 0 Å². The van der Waals surface area contributed by atoms with Crippen LogP contribution in [0, 0.1) is 0 Å². The second-order valence-corrected chi connectivity index (χ2v) is 11.2. The Bertz CT molecular complexity index is 668. The van der Waals surface area contributed by atoms with Crippen molar-refractivity contribution in [1.82, 2.24) is 10.2 Å². The van der Waals surface area contributed by atoms with Crippen LogP contribution < -0.4 is 5.32 Å². The lowest BCUT2D eigenvalue weighted by Crippen LogP contribution is -2.39. The second kappa shape index (κ2) is 17.0. The maximum absolute atomic E-state index is 13.4. The number of carbonyl (C=O) groups excluding carboxylic acids is 1. The number of hydrogen-bond donors (Lipinski definition) is 3. The number of amides is 1. The van der Waals surface area contributed by atoms with Crippen molar-refractivity contribution in [3.8, 4) is 0 Å². The minimum absolute atomic E-state index is 0.0296. The molecule has 0 aromatic rings. The first-order chi connectivity index (χ1) is 16.0. The molecule has 0 saturated carbocycles. The van der Waals surface area contributed by atoms with E-state index in [-0.39, 0.29) is 65.5 Å². The fraction of sp³-hybridized carbons (Fsp3) is 0.833. The predicted molar refractivity (Wildman–Crippen MR) is 121 cm³/mol. The van der Waals surface area contributed by atoms with Gasteiger partial charge in [0, 0.05) is 19.6 Å². The van der Waals surface area contributed by atoms with Gasteiger partial charge in [0.1, 0.15) is 6.61 Å². The average Bonchev–Trinajstić information content (AvgIpc) is 2.73. The lowest BCUT2D eigenvalue weighted by atomic mass is 10.3. The third kappa shape index (κ3) is 12.3. The molecular formula is C18H36N2O12P2. The van der Waals surface area contributed by atoms with Gasteiger partial charge in [0.05, 0.1) is 39.3 Å². The lowest BCUT2D eigenvalue weighted by Gasteiger charge is -2.31. The molecule has 0 saturated heterocycles. The summed E-state index contributed by atoms with van der Waals surface area (Å²) in [4.78, 5) is 35.6. The minimum atomic E-state index is -4.22. The summed E-state index contributed by atoms with van der Waals surface area (Å²) in [6, 6.07) is 0. The standard InChI is InChI=1S/C18H36N2O12P2/c1-5-29-33(26,30-6-2)18(34(27,31-7-3)32-8-4)19-17(25)28-14-13-20(11-9-15(21)22)12-10-16(23)24/h18H,5-14H2,1-4H3,(H,19,25)(H,21,22)(H,23,24). The van der Waals surface area contributed by atoms with Crippen molar-refractivity contribution in [2.75, 3.05) is 52.7 Å². The molecule has 0 fully saturated rings. The molecular weight excluding hydrogens is 498 g/mol. The monoisotopic (exact) mass is 534 g/mol. The van der Waals surface area contributed by atoms with Gasteiger partial charge in [-0.15, -0.1) is 0 Å². The van der Waals surface area contributed by atoms with E-state index < -0.39 is 38.7 Å². The van der Waals surface area contributed by atoms with Crippen molar-refractivity contribution >= 4 is 33.2 Å². The molecule has 16 heteroatoms. The fourth-order valence-electron chi connectivity index (χ4n) is 2.67. The highest BCUT2D eigenvalue weighted by atomic mass is 31.2. The van der Waals surface area contributed by atoms with Crippen LogP contribution in [0.1, 0.15) is 40.5 Å². The number of rotatable bonds is 20. The molecule has 0 unspecified atom stereocenters. The largest absolute Gasteiger partial charge is 0.481 e. The Morgan fingerprint density at radius 1 is 0.765 bits per heavy atom. The van der Waals surface area contributed by atoms with E-state index >= 15 is 0 Å². The van der Waals surface area contributed by atoms with Crippen molar-refractivity contribution in [3.63, 3.8) is 0 Å². The number of carboxylic acids is 2. The summed E-state index contributed by atoms with van der Waals surface area (Å²) in [5, 5.41) is 19.9. The molecule has 0 aliphatic carbocycles. The Kier molecular flexibility index (Phi) is 16.2. The molecule has 0 bridgehead atoms. The Morgan fingerprint density at radius 3 is 1.47 bits per heavy atom. The number of aliphatic carboxylic acids is 2. The van der Waals surface area contributed by atoms with E-state index in [1.807, 2.05) is 0 Å². The van der Waals surface area contributed by atoms with E-state index in [0.717, 1.165) is 0 Å². The van der Waals surface area contributed by atoms with Gasteiger partial charge in [0.25, 0.3) is 0 Å². The zero-order valence-electron chi connectivity index (χ0n) is 20.0. The number of carboxylic acid groups (broad SMARTS) is 2. The Balaban J connectivity index is 5.45. The molecule has 0 aromatic heterocycles. The number of nitrogens with zero attached hydrogens (tertiary/aromatic N) is 1. The summed E-state index contributed by atoms with van der Waals surface area (Å²) in [7, 11) is -8.45. The van der Waals surface area contributed by atoms with Gasteiger partial charge in [0.15, 0.2) is 0 Å². The summed E-state index contributed by atoms with van der Waals surface area (Å²) >= 11 is 0. The van der Waals surface area contributed by atoms with Crippen molar-refractivity contribution in [2.24, 2.45) is 0 Å². The Labute approximate surface area is 199 Å². The van der Waals surface area contributed by atoms with Crippen molar-refractivity contribution in [3.05, 3.63) is 0 Å². The van der Waals surface area contributed by atoms with E-state index in [2.05, 4.69) is 5.32 Å². The second-order valence-electron chi connectivity index (χ2n) is 6.53. The van der Waals surface area contributed by atoms with E-state index in [9.17, 15) is 23.5 Å². The number of hydrogen-bond acceptors (Lipinski definition) is 11. The third-order valence-corrected chi connectivity index (χ3v) is 9.63. The molecule has 0 atom stereocenters. The van der Waals surface area contributed by atoms with E-state index in [4.69, 9.17) is 33.0 Å². The minimum Gasteiger partial charge on any atom is -0.481 e. The molecule has 14 nitrogen and oxygen atoms in total. The highest BCUT2D eigenvalue weighted by Gasteiger charge is 2.52. The SMILES string of the molecule is CCOP(=O)(OCC)C(NC(=O)OCCN(CCC(=O)O)CCC(=O)O)P(=O)(OCC)OCC. The number of alkyl carbamates (subject to hydrolysis) is 1. The maximum atomic E-state index is 13.4. The van der Waals surface area contributed by atoms with Crippen LogP contribution in [0.15, 0.2) is 0 Å². The molecule has 0 heterocycles. The predicted octanol–water partition coefficient (Wildman–Crippen LogP) is 2.78. The normalized spacial score (nSPS) is 12.2.